The van der Waals surface area contributed by atoms with Crippen molar-refractivity contribution in [3.05, 3.63) is 0 Å². The van der Waals surface area contributed by atoms with Gasteiger partial charge in [-0.25, -0.2) is 0 Å². The Balaban J connectivity index is 1.68. The maximum atomic E-state index is 11.5. The first kappa shape index (κ1) is 11.8. The number of thioether (sulfide) groups is 1. The number of carboxylic acid groups (broad SMARTS) is 1. The second-order valence-corrected chi connectivity index (χ2v) is 6.97. The van der Waals surface area contributed by atoms with E-state index in [2.05, 4.69) is 4.90 Å². The maximum Gasteiger partial charge on any atom is 0.321 e. The SMILES string of the molecule is O=C(O)C1C2CCCC2CN1CC1CCSC1. The molecule has 17 heavy (non-hydrogen) atoms. The number of fused-ring (bicyclic) bond motifs is 1. The third-order valence-corrected chi connectivity index (χ3v) is 5.99. The van der Waals surface area contributed by atoms with E-state index >= 15 is 0 Å². The number of aliphatic carboxylic acids is 1. The Labute approximate surface area is 107 Å². The van der Waals surface area contributed by atoms with Gasteiger partial charge < -0.3 is 5.11 Å². The summed E-state index contributed by atoms with van der Waals surface area (Å²) in [5.74, 6) is 3.78. The van der Waals surface area contributed by atoms with Crippen LogP contribution in [0, 0.1) is 17.8 Å². The first-order chi connectivity index (χ1) is 8.25. The molecule has 4 heteroatoms. The van der Waals surface area contributed by atoms with Crippen LogP contribution in [0.15, 0.2) is 0 Å². The minimum absolute atomic E-state index is 0.173. The minimum atomic E-state index is -0.579. The molecule has 4 unspecified atom stereocenters. The molecular weight excluding hydrogens is 234 g/mol. The molecule has 0 aromatic carbocycles. The average molecular weight is 255 g/mol. The molecular formula is C13H21NO2S. The first-order valence-corrected chi connectivity index (χ1v) is 7.96. The lowest BCUT2D eigenvalue weighted by Crippen LogP contribution is -2.42. The van der Waals surface area contributed by atoms with E-state index in [1.54, 1.807) is 0 Å². The Morgan fingerprint density at radius 2 is 2.24 bits per heavy atom. The predicted molar refractivity (Wildman–Crippen MR) is 69.3 cm³/mol. The third kappa shape index (κ3) is 2.22. The smallest absolute Gasteiger partial charge is 0.321 e. The van der Waals surface area contributed by atoms with Crippen molar-refractivity contribution in [1.29, 1.82) is 0 Å². The van der Waals surface area contributed by atoms with E-state index in [-0.39, 0.29) is 6.04 Å². The van der Waals surface area contributed by atoms with Gasteiger partial charge in [-0.15, -0.1) is 0 Å². The van der Waals surface area contributed by atoms with Crippen molar-refractivity contribution in [3.63, 3.8) is 0 Å². The Hall–Kier alpha value is -0.220. The van der Waals surface area contributed by atoms with Crippen LogP contribution in [0.4, 0.5) is 0 Å². The number of likely N-dealkylation sites (tertiary alicyclic amines) is 1. The van der Waals surface area contributed by atoms with Crippen molar-refractivity contribution in [2.75, 3.05) is 24.6 Å². The summed E-state index contributed by atoms with van der Waals surface area (Å²) in [6.07, 6.45) is 4.91. The lowest BCUT2D eigenvalue weighted by atomic mass is 9.94. The zero-order valence-electron chi connectivity index (χ0n) is 10.2. The molecule has 3 aliphatic rings. The van der Waals surface area contributed by atoms with E-state index in [0.29, 0.717) is 11.8 Å². The van der Waals surface area contributed by atoms with Gasteiger partial charge >= 0.3 is 5.97 Å². The quantitative estimate of drug-likeness (QED) is 0.836. The van der Waals surface area contributed by atoms with Crippen molar-refractivity contribution in [1.82, 2.24) is 4.90 Å². The molecule has 0 bridgehead atoms. The van der Waals surface area contributed by atoms with Crippen LogP contribution in [-0.2, 0) is 4.79 Å². The molecule has 1 aliphatic carbocycles. The van der Waals surface area contributed by atoms with Gasteiger partial charge in [0.15, 0.2) is 0 Å². The van der Waals surface area contributed by atoms with Crippen molar-refractivity contribution in [2.45, 2.75) is 31.7 Å². The van der Waals surface area contributed by atoms with Crippen LogP contribution in [0.3, 0.4) is 0 Å². The molecule has 2 saturated heterocycles. The van der Waals surface area contributed by atoms with Crippen molar-refractivity contribution < 1.29 is 9.90 Å². The Bertz CT molecular complexity index is 304. The monoisotopic (exact) mass is 255 g/mol. The molecule has 3 nitrogen and oxygen atoms in total. The highest BCUT2D eigenvalue weighted by Gasteiger charge is 2.47. The summed E-state index contributed by atoms with van der Waals surface area (Å²) in [5, 5.41) is 9.46. The van der Waals surface area contributed by atoms with Crippen molar-refractivity contribution in [2.24, 2.45) is 17.8 Å². The molecule has 0 spiro atoms. The summed E-state index contributed by atoms with van der Waals surface area (Å²) < 4.78 is 0. The molecule has 0 aromatic rings. The topological polar surface area (TPSA) is 40.5 Å². The molecule has 1 saturated carbocycles. The molecule has 1 N–H and O–H groups in total. The second kappa shape index (κ2) is 4.81. The summed E-state index contributed by atoms with van der Waals surface area (Å²) in [6, 6.07) is -0.173. The van der Waals surface area contributed by atoms with Gasteiger partial charge in [0, 0.05) is 13.1 Å². The summed E-state index contributed by atoms with van der Waals surface area (Å²) in [5.41, 5.74) is 0. The summed E-state index contributed by atoms with van der Waals surface area (Å²) in [6.45, 7) is 2.07. The second-order valence-electron chi connectivity index (χ2n) is 5.82. The predicted octanol–water partition coefficient (Wildman–Crippen LogP) is 1.92. The molecule has 4 atom stereocenters. The Morgan fingerprint density at radius 3 is 2.94 bits per heavy atom. The standard InChI is InChI=1S/C13H21NO2S/c15-13(16)12-11-3-1-2-10(11)7-14(12)6-9-4-5-17-8-9/h9-12H,1-8H2,(H,15,16). The highest BCUT2D eigenvalue weighted by atomic mass is 32.2. The van der Waals surface area contributed by atoms with Gasteiger partial charge in [0.05, 0.1) is 0 Å². The fourth-order valence-corrected chi connectivity index (χ4v) is 5.25. The molecule has 96 valence electrons. The van der Waals surface area contributed by atoms with Crippen LogP contribution < -0.4 is 0 Å². The fraction of sp³-hybridized carbons (Fsp3) is 0.923. The van der Waals surface area contributed by atoms with Crippen LogP contribution in [0.25, 0.3) is 0 Å². The van der Waals surface area contributed by atoms with E-state index in [4.69, 9.17) is 0 Å². The Morgan fingerprint density at radius 1 is 1.35 bits per heavy atom. The normalized spacial score (nSPS) is 41.9. The van der Waals surface area contributed by atoms with Crippen LogP contribution in [0.2, 0.25) is 0 Å². The zero-order chi connectivity index (χ0) is 11.8. The van der Waals surface area contributed by atoms with Gasteiger partial charge in [-0.2, -0.15) is 11.8 Å². The molecule has 0 aromatic heterocycles. The number of hydrogen-bond acceptors (Lipinski definition) is 3. The molecule has 0 radical (unpaired) electrons. The Kier molecular flexibility index (Phi) is 3.35. The van der Waals surface area contributed by atoms with Crippen LogP contribution in [-0.4, -0.2) is 46.6 Å². The largest absolute Gasteiger partial charge is 0.480 e. The fourth-order valence-electron chi connectivity index (χ4n) is 3.98. The average Bonchev–Trinajstić information content (AvgIpc) is 2.92. The number of rotatable bonds is 3. The number of nitrogens with zero attached hydrogens (tertiary/aromatic N) is 1. The van der Waals surface area contributed by atoms with Crippen LogP contribution in [0.1, 0.15) is 25.7 Å². The van der Waals surface area contributed by atoms with E-state index in [1.165, 1.54) is 30.8 Å². The number of carboxylic acids is 1. The zero-order valence-corrected chi connectivity index (χ0v) is 11.0. The van der Waals surface area contributed by atoms with Gasteiger partial charge in [-0.1, -0.05) is 6.42 Å². The van der Waals surface area contributed by atoms with Crippen molar-refractivity contribution in [3.8, 4) is 0 Å². The maximum absolute atomic E-state index is 11.5. The third-order valence-electron chi connectivity index (χ3n) is 4.76. The van der Waals surface area contributed by atoms with Crippen LogP contribution in [0.5, 0.6) is 0 Å². The molecule has 0 amide bonds. The lowest BCUT2D eigenvalue weighted by Gasteiger charge is -2.26. The van der Waals surface area contributed by atoms with Gasteiger partial charge in [0.2, 0.25) is 0 Å². The lowest BCUT2D eigenvalue weighted by molar-refractivity contribution is -0.143. The van der Waals surface area contributed by atoms with E-state index in [0.717, 1.165) is 25.4 Å². The number of hydrogen-bond donors (Lipinski definition) is 1. The summed E-state index contributed by atoms with van der Waals surface area (Å²) >= 11 is 2.02. The highest BCUT2D eigenvalue weighted by Crippen LogP contribution is 2.43. The highest BCUT2D eigenvalue weighted by molar-refractivity contribution is 7.99. The van der Waals surface area contributed by atoms with Crippen LogP contribution >= 0.6 is 11.8 Å². The molecule has 3 fully saturated rings. The summed E-state index contributed by atoms with van der Waals surface area (Å²) in [4.78, 5) is 13.8. The first-order valence-electron chi connectivity index (χ1n) is 6.80. The van der Waals surface area contributed by atoms with Gasteiger partial charge in [-0.05, 0) is 48.5 Å². The van der Waals surface area contributed by atoms with Gasteiger partial charge in [0.25, 0.3) is 0 Å². The molecule has 2 heterocycles. The van der Waals surface area contributed by atoms with Crippen molar-refractivity contribution >= 4 is 17.7 Å². The summed E-state index contributed by atoms with van der Waals surface area (Å²) in [7, 11) is 0. The van der Waals surface area contributed by atoms with E-state index < -0.39 is 5.97 Å². The molecule has 3 rings (SSSR count). The molecule has 2 aliphatic heterocycles. The minimum Gasteiger partial charge on any atom is -0.480 e. The van der Waals surface area contributed by atoms with Gasteiger partial charge in [-0.3, -0.25) is 9.69 Å². The van der Waals surface area contributed by atoms with E-state index in [9.17, 15) is 9.90 Å². The van der Waals surface area contributed by atoms with Gasteiger partial charge in [0.1, 0.15) is 6.04 Å². The van der Waals surface area contributed by atoms with E-state index in [1.807, 2.05) is 11.8 Å². The number of carbonyl (C=O) groups is 1.